The van der Waals surface area contributed by atoms with E-state index in [9.17, 15) is 18.0 Å². The number of aromatic nitrogens is 2. The first-order chi connectivity index (χ1) is 17.2. The van der Waals surface area contributed by atoms with Crippen LogP contribution in [0.4, 0.5) is 18.9 Å². The van der Waals surface area contributed by atoms with Gasteiger partial charge < -0.3 is 10.1 Å². The van der Waals surface area contributed by atoms with Crippen molar-refractivity contribution in [2.75, 3.05) is 11.9 Å². The number of benzene rings is 3. The maximum absolute atomic E-state index is 13.1. The smallest absolute Gasteiger partial charge is 0.416 e. The van der Waals surface area contributed by atoms with Gasteiger partial charge in [-0.15, -0.1) is 6.42 Å². The van der Waals surface area contributed by atoms with Gasteiger partial charge in [0.2, 0.25) is 5.82 Å². The van der Waals surface area contributed by atoms with Crippen LogP contribution in [0, 0.1) is 12.3 Å². The molecule has 1 N–H and O–H groups in total. The van der Waals surface area contributed by atoms with Gasteiger partial charge in [0.05, 0.1) is 16.8 Å². The van der Waals surface area contributed by atoms with Gasteiger partial charge in [-0.25, -0.2) is 9.97 Å². The quantitative estimate of drug-likeness (QED) is 0.306. The highest BCUT2D eigenvalue weighted by Crippen LogP contribution is 2.32. The minimum absolute atomic E-state index is 0.0145. The third-order valence-electron chi connectivity index (χ3n) is 5.49. The van der Waals surface area contributed by atoms with Gasteiger partial charge in [-0.3, -0.25) is 4.79 Å². The predicted molar refractivity (Wildman–Crippen MR) is 133 cm³/mol. The molecule has 0 radical (unpaired) electrons. The first kappa shape index (κ1) is 24.7. The third kappa shape index (κ3) is 5.47. The molecule has 8 heteroatoms. The van der Waals surface area contributed by atoms with E-state index in [1.165, 1.54) is 12.1 Å². The average Bonchev–Trinajstić information content (AvgIpc) is 2.86. The van der Waals surface area contributed by atoms with Gasteiger partial charge in [0.1, 0.15) is 12.4 Å². The maximum atomic E-state index is 13.1. The zero-order valence-electron chi connectivity index (χ0n) is 19.6. The maximum Gasteiger partial charge on any atom is 0.416 e. The second-order valence-corrected chi connectivity index (χ2v) is 8.38. The van der Waals surface area contributed by atoms with Gasteiger partial charge in [0, 0.05) is 16.6 Å². The number of ether oxygens (including phenoxy) is 1. The van der Waals surface area contributed by atoms with E-state index in [1.807, 2.05) is 24.3 Å². The van der Waals surface area contributed by atoms with E-state index in [4.69, 9.17) is 11.2 Å². The standard InChI is InChI=1S/C28H22F3N3O2/c1-4-14-36-22-12-13-24-23(16-22)25(19-10-8-18(9-11-19)17(2)3)34-26(33-24)27(35)32-21-7-5-6-20(15-21)28(29,30)31/h1,5-13,15-17H,14H2,2-3H3,(H,32,35). The van der Waals surface area contributed by atoms with Crippen LogP contribution < -0.4 is 10.1 Å². The second kappa shape index (κ2) is 10.1. The molecule has 0 aliphatic rings. The zero-order chi connectivity index (χ0) is 25.9. The molecule has 0 atom stereocenters. The molecule has 0 spiro atoms. The Hall–Kier alpha value is -4.38. The highest BCUT2D eigenvalue weighted by molar-refractivity contribution is 6.04. The number of carbonyl (C=O) groups excluding carboxylic acids is 1. The van der Waals surface area contributed by atoms with Crippen LogP contribution in [-0.2, 0) is 6.18 Å². The van der Waals surface area contributed by atoms with Crippen LogP contribution in [0.1, 0.15) is 41.5 Å². The van der Waals surface area contributed by atoms with E-state index in [0.717, 1.165) is 23.3 Å². The molecule has 0 unspecified atom stereocenters. The normalized spacial score (nSPS) is 11.4. The number of rotatable bonds is 6. The summed E-state index contributed by atoms with van der Waals surface area (Å²) in [5.41, 5.74) is 1.95. The molecule has 3 aromatic carbocycles. The van der Waals surface area contributed by atoms with E-state index in [2.05, 4.69) is 35.1 Å². The molecule has 5 nitrogen and oxygen atoms in total. The summed E-state index contributed by atoms with van der Waals surface area (Å²) in [6, 6.07) is 17.2. The van der Waals surface area contributed by atoms with E-state index in [-0.39, 0.29) is 18.1 Å². The van der Waals surface area contributed by atoms with Crippen molar-refractivity contribution in [3.8, 4) is 29.4 Å². The molecule has 1 amide bonds. The minimum atomic E-state index is -4.53. The van der Waals surface area contributed by atoms with E-state index in [1.54, 1.807) is 18.2 Å². The molecule has 4 rings (SSSR count). The van der Waals surface area contributed by atoms with Crippen LogP contribution >= 0.6 is 0 Å². The minimum Gasteiger partial charge on any atom is -0.481 e. The lowest BCUT2D eigenvalue weighted by Gasteiger charge is -2.13. The number of anilines is 1. The van der Waals surface area contributed by atoms with Crippen LogP contribution in [0.15, 0.2) is 66.7 Å². The van der Waals surface area contributed by atoms with Crippen LogP contribution in [0.2, 0.25) is 0 Å². The topological polar surface area (TPSA) is 64.1 Å². The van der Waals surface area contributed by atoms with E-state index < -0.39 is 17.6 Å². The van der Waals surface area contributed by atoms with Crippen molar-refractivity contribution in [1.82, 2.24) is 9.97 Å². The number of alkyl halides is 3. The highest BCUT2D eigenvalue weighted by atomic mass is 19.4. The summed E-state index contributed by atoms with van der Waals surface area (Å²) in [6.07, 6.45) is 0.758. The van der Waals surface area contributed by atoms with Crippen molar-refractivity contribution in [2.24, 2.45) is 0 Å². The van der Waals surface area contributed by atoms with Gasteiger partial charge in [0.25, 0.3) is 5.91 Å². The Labute approximate surface area is 206 Å². The Balaban J connectivity index is 1.77. The monoisotopic (exact) mass is 489 g/mol. The molecular weight excluding hydrogens is 467 g/mol. The largest absolute Gasteiger partial charge is 0.481 e. The number of amides is 1. The van der Waals surface area contributed by atoms with Crippen molar-refractivity contribution in [3.63, 3.8) is 0 Å². The van der Waals surface area contributed by atoms with Gasteiger partial charge in [-0.2, -0.15) is 13.2 Å². The van der Waals surface area contributed by atoms with Gasteiger partial charge in [0.15, 0.2) is 0 Å². The van der Waals surface area contributed by atoms with E-state index in [0.29, 0.717) is 28.3 Å². The number of hydrogen-bond acceptors (Lipinski definition) is 4. The Morgan fingerprint density at radius 3 is 2.47 bits per heavy atom. The summed E-state index contributed by atoms with van der Waals surface area (Å²) in [4.78, 5) is 21.8. The molecule has 1 heterocycles. The molecule has 182 valence electrons. The fraction of sp³-hybridized carbons (Fsp3) is 0.179. The number of carbonyl (C=O) groups is 1. The van der Waals surface area contributed by atoms with Crippen LogP contribution in [-0.4, -0.2) is 22.5 Å². The Morgan fingerprint density at radius 2 is 1.81 bits per heavy atom. The van der Waals surface area contributed by atoms with E-state index >= 15 is 0 Å². The molecule has 0 aliphatic heterocycles. The average molecular weight is 489 g/mol. The Kier molecular flexibility index (Phi) is 6.93. The molecule has 0 saturated carbocycles. The fourth-order valence-corrected chi connectivity index (χ4v) is 3.63. The summed E-state index contributed by atoms with van der Waals surface area (Å²) in [5.74, 6) is 2.35. The first-order valence-corrected chi connectivity index (χ1v) is 11.1. The van der Waals surface area contributed by atoms with Gasteiger partial charge in [-0.1, -0.05) is 50.1 Å². The third-order valence-corrected chi connectivity index (χ3v) is 5.49. The van der Waals surface area contributed by atoms with Gasteiger partial charge >= 0.3 is 6.18 Å². The molecule has 0 bridgehead atoms. The van der Waals surface area contributed by atoms with Crippen molar-refractivity contribution < 1.29 is 22.7 Å². The van der Waals surface area contributed by atoms with Crippen molar-refractivity contribution in [1.29, 1.82) is 0 Å². The van der Waals surface area contributed by atoms with Crippen molar-refractivity contribution in [3.05, 3.63) is 83.7 Å². The lowest BCUT2D eigenvalue weighted by atomic mass is 9.99. The zero-order valence-corrected chi connectivity index (χ0v) is 19.6. The van der Waals surface area contributed by atoms with Crippen LogP contribution in [0.25, 0.3) is 22.2 Å². The van der Waals surface area contributed by atoms with Crippen molar-refractivity contribution >= 4 is 22.5 Å². The molecule has 0 aliphatic carbocycles. The second-order valence-electron chi connectivity index (χ2n) is 8.38. The Bertz CT molecular complexity index is 1460. The summed E-state index contributed by atoms with van der Waals surface area (Å²) < 4.78 is 44.8. The first-order valence-electron chi connectivity index (χ1n) is 11.1. The van der Waals surface area contributed by atoms with Gasteiger partial charge in [-0.05, 0) is 47.9 Å². The number of nitrogens with one attached hydrogen (secondary N) is 1. The number of terminal acetylenes is 1. The molecular formula is C28H22F3N3O2. The fourth-order valence-electron chi connectivity index (χ4n) is 3.63. The predicted octanol–water partition coefficient (Wildman–Crippen LogP) is 6.70. The Morgan fingerprint density at radius 1 is 1.06 bits per heavy atom. The molecule has 36 heavy (non-hydrogen) atoms. The molecule has 0 saturated heterocycles. The van der Waals surface area contributed by atoms with Crippen molar-refractivity contribution in [2.45, 2.75) is 25.9 Å². The number of fused-ring (bicyclic) bond motifs is 1. The molecule has 1 aromatic heterocycles. The van der Waals surface area contributed by atoms with Crippen LogP contribution in [0.5, 0.6) is 5.75 Å². The van der Waals surface area contributed by atoms with Crippen LogP contribution in [0.3, 0.4) is 0 Å². The number of halogens is 3. The summed E-state index contributed by atoms with van der Waals surface area (Å²) in [6.45, 7) is 4.25. The number of hydrogen-bond donors (Lipinski definition) is 1. The summed E-state index contributed by atoms with van der Waals surface area (Å²) in [7, 11) is 0. The highest BCUT2D eigenvalue weighted by Gasteiger charge is 2.30. The SMILES string of the molecule is C#CCOc1ccc2nc(C(=O)Nc3cccc(C(F)(F)F)c3)nc(-c3ccc(C(C)C)cc3)c2c1. The summed E-state index contributed by atoms with van der Waals surface area (Å²) in [5, 5.41) is 3.10. The molecule has 0 fully saturated rings. The number of nitrogens with zero attached hydrogens (tertiary/aromatic N) is 2. The lowest BCUT2D eigenvalue weighted by Crippen LogP contribution is -2.17. The molecule has 4 aromatic rings. The summed E-state index contributed by atoms with van der Waals surface area (Å²) >= 11 is 0. The lowest BCUT2D eigenvalue weighted by molar-refractivity contribution is -0.137.